The van der Waals surface area contributed by atoms with Crippen LogP contribution >= 0.6 is 0 Å². The lowest BCUT2D eigenvalue weighted by molar-refractivity contribution is 0.256. The van der Waals surface area contributed by atoms with Gasteiger partial charge in [0.2, 0.25) is 0 Å². The Morgan fingerprint density at radius 1 is 1.18 bits per heavy atom. The number of hydrogen-bond donors (Lipinski definition) is 1. The van der Waals surface area contributed by atoms with E-state index >= 15 is 0 Å². The average molecular weight is 176 g/mol. The second-order valence-electron chi connectivity index (χ2n) is 2.88. The van der Waals surface area contributed by atoms with Crippen LogP contribution in [0.3, 0.4) is 0 Å². The van der Waals surface area contributed by atoms with Gasteiger partial charge >= 0.3 is 9.28 Å². The van der Waals surface area contributed by atoms with E-state index in [0.29, 0.717) is 0 Å². The molecule has 0 spiro atoms. The monoisotopic (exact) mass is 176 g/mol. The summed E-state index contributed by atoms with van der Waals surface area (Å²) in [6, 6.07) is 0. The molecule has 0 heterocycles. The van der Waals surface area contributed by atoms with E-state index in [-0.39, 0.29) is 0 Å². The Labute approximate surface area is 71.4 Å². The van der Waals surface area contributed by atoms with Crippen LogP contribution in [0, 0.1) is 0 Å². The van der Waals surface area contributed by atoms with Crippen molar-refractivity contribution in [2.45, 2.75) is 45.6 Å². The highest BCUT2D eigenvalue weighted by Gasteiger charge is 1.96. The Balaban J connectivity index is 2.80. The van der Waals surface area contributed by atoms with E-state index in [2.05, 4.69) is 6.92 Å². The van der Waals surface area contributed by atoms with Gasteiger partial charge in [0.05, 0.1) is 0 Å². The summed E-state index contributed by atoms with van der Waals surface area (Å²) in [4.78, 5) is 8.87. The zero-order chi connectivity index (χ0) is 8.53. The maximum Gasteiger partial charge on any atom is 0.315 e. The Kier molecular flexibility index (Phi) is 8.34. The third-order valence-corrected chi connectivity index (χ3v) is 2.33. The van der Waals surface area contributed by atoms with Gasteiger partial charge in [0.15, 0.2) is 0 Å². The molecule has 2 nitrogen and oxygen atoms in total. The van der Waals surface area contributed by atoms with Crippen LogP contribution in [0.25, 0.3) is 0 Å². The minimum absolute atomic E-state index is 0.758. The summed E-state index contributed by atoms with van der Waals surface area (Å²) < 4.78 is 5.12. The van der Waals surface area contributed by atoms with Crippen molar-refractivity contribution < 1.29 is 9.22 Å². The highest BCUT2D eigenvalue weighted by atomic mass is 28.3. The first-order valence-corrected chi connectivity index (χ1v) is 6.71. The zero-order valence-corrected chi connectivity index (χ0v) is 8.83. The lowest BCUT2D eigenvalue weighted by Crippen LogP contribution is -2.12. The minimum atomic E-state index is -1.73. The molecule has 1 atom stereocenters. The molecular formula is C8H20O2Si. The third kappa shape index (κ3) is 10.1. The van der Waals surface area contributed by atoms with Crippen molar-refractivity contribution >= 4 is 9.28 Å². The molecule has 0 bridgehead atoms. The summed E-state index contributed by atoms with van der Waals surface area (Å²) in [5.41, 5.74) is 0. The average Bonchev–Trinajstić information content (AvgIpc) is 1.96. The Hall–Kier alpha value is 0.137. The van der Waals surface area contributed by atoms with Gasteiger partial charge < -0.3 is 9.22 Å². The Morgan fingerprint density at radius 2 is 1.82 bits per heavy atom. The fourth-order valence-corrected chi connectivity index (χ4v) is 1.47. The molecule has 0 aromatic heterocycles. The van der Waals surface area contributed by atoms with E-state index in [4.69, 9.17) is 9.22 Å². The van der Waals surface area contributed by atoms with Crippen LogP contribution in [0.15, 0.2) is 0 Å². The molecule has 3 heteroatoms. The molecule has 0 aromatic rings. The van der Waals surface area contributed by atoms with Gasteiger partial charge in [0.25, 0.3) is 0 Å². The molecule has 0 saturated heterocycles. The molecule has 0 aromatic carbocycles. The van der Waals surface area contributed by atoms with E-state index in [1.165, 1.54) is 25.7 Å². The Bertz CT molecular complexity index is 76.5. The smallest absolute Gasteiger partial charge is 0.315 e. The SMILES string of the molecule is CCCCCCCO[SiH](C)O. The van der Waals surface area contributed by atoms with Gasteiger partial charge in [-0.1, -0.05) is 32.6 Å². The lowest BCUT2D eigenvalue weighted by atomic mass is 10.2. The molecule has 1 unspecified atom stereocenters. The maximum atomic E-state index is 8.87. The first-order valence-electron chi connectivity index (χ1n) is 4.57. The molecular weight excluding hydrogens is 156 g/mol. The molecule has 1 N–H and O–H groups in total. The molecule has 0 radical (unpaired) electrons. The topological polar surface area (TPSA) is 29.5 Å². The van der Waals surface area contributed by atoms with Crippen LogP contribution in [0.5, 0.6) is 0 Å². The van der Waals surface area contributed by atoms with Crippen LogP contribution in [-0.4, -0.2) is 20.7 Å². The first kappa shape index (κ1) is 11.1. The van der Waals surface area contributed by atoms with Crippen LogP contribution in [0.1, 0.15) is 39.0 Å². The standard InChI is InChI=1S/C8H20O2Si/c1-3-4-5-6-7-8-10-11(2)9/h9,11H,3-8H2,1-2H3. The van der Waals surface area contributed by atoms with Gasteiger partial charge in [0.1, 0.15) is 0 Å². The van der Waals surface area contributed by atoms with Crippen LogP contribution in [-0.2, 0) is 4.43 Å². The molecule has 0 saturated carbocycles. The van der Waals surface area contributed by atoms with Gasteiger partial charge in [-0.25, -0.2) is 0 Å². The van der Waals surface area contributed by atoms with E-state index < -0.39 is 9.28 Å². The molecule has 0 aliphatic carbocycles. The summed E-state index contributed by atoms with van der Waals surface area (Å²) >= 11 is 0. The molecule has 0 fully saturated rings. The number of unbranched alkanes of at least 4 members (excludes halogenated alkanes) is 4. The molecule has 68 valence electrons. The van der Waals surface area contributed by atoms with Crippen molar-refractivity contribution in [3.05, 3.63) is 0 Å². The minimum Gasteiger partial charge on any atom is -0.413 e. The van der Waals surface area contributed by atoms with Gasteiger partial charge in [-0.05, 0) is 13.0 Å². The molecule has 0 rings (SSSR count). The summed E-state index contributed by atoms with van der Waals surface area (Å²) in [5, 5.41) is 0. The van der Waals surface area contributed by atoms with Crippen LogP contribution < -0.4 is 0 Å². The highest BCUT2D eigenvalue weighted by Crippen LogP contribution is 2.02. The second-order valence-corrected chi connectivity index (χ2v) is 4.42. The van der Waals surface area contributed by atoms with Crippen molar-refractivity contribution in [1.82, 2.24) is 0 Å². The van der Waals surface area contributed by atoms with Crippen molar-refractivity contribution in [3.8, 4) is 0 Å². The van der Waals surface area contributed by atoms with E-state index in [1.54, 1.807) is 6.55 Å². The van der Waals surface area contributed by atoms with Gasteiger partial charge in [-0.15, -0.1) is 0 Å². The van der Waals surface area contributed by atoms with Gasteiger partial charge in [-0.2, -0.15) is 0 Å². The lowest BCUT2D eigenvalue weighted by Gasteiger charge is -2.04. The third-order valence-electron chi connectivity index (χ3n) is 1.61. The van der Waals surface area contributed by atoms with Crippen molar-refractivity contribution in [2.24, 2.45) is 0 Å². The fourth-order valence-electron chi connectivity index (χ4n) is 0.960. The quantitative estimate of drug-likeness (QED) is 0.473. The first-order chi connectivity index (χ1) is 5.27. The predicted octanol–water partition coefficient (Wildman–Crippen LogP) is 1.82. The molecule has 0 aliphatic heterocycles. The molecule has 0 amide bonds. The van der Waals surface area contributed by atoms with Crippen molar-refractivity contribution in [3.63, 3.8) is 0 Å². The summed E-state index contributed by atoms with van der Waals surface area (Å²) in [7, 11) is -1.73. The molecule has 0 aliphatic rings. The van der Waals surface area contributed by atoms with E-state index in [0.717, 1.165) is 13.0 Å². The maximum absolute atomic E-state index is 8.87. The van der Waals surface area contributed by atoms with Crippen molar-refractivity contribution in [1.29, 1.82) is 0 Å². The van der Waals surface area contributed by atoms with Crippen molar-refractivity contribution in [2.75, 3.05) is 6.61 Å². The van der Waals surface area contributed by atoms with Gasteiger partial charge in [-0.3, -0.25) is 0 Å². The summed E-state index contributed by atoms with van der Waals surface area (Å²) in [6.07, 6.45) is 6.27. The second kappa shape index (κ2) is 8.24. The van der Waals surface area contributed by atoms with Crippen LogP contribution in [0.4, 0.5) is 0 Å². The van der Waals surface area contributed by atoms with Crippen LogP contribution in [0.2, 0.25) is 6.55 Å². The summed E-state index contributed by atoms with van der Waals surface area (Å²) in [6.45, 7) is 4.75. The number of hydrogen-bond acceptors (Lipinski definition) is 2. The summed E-state index contributed by atoms with van der Waals surface area (Å²) in [5.74, 6) is 0. The Morgan fingerprint density at radius 3 is 2.36 bits per heavy atom. The van der Waals surface area contributed by atoms with Gasteiger partial charge in [0, 0.05) is 6.61 Å². The fraction of sp³-hybridized carbons (Fsp3) is 1.00. The highest BCUT2D eigenvalue weighted by molar-refractivity contribution is 6.40. The largest absolute Gasteiger partial charge is 0.413 e. The molecule has 11 heavy (non-hydrogen) atoms. The normalized spacial score (nSPS) is 13.4. The zero-order valence-electron chi connectivity index (χ0n) is 7.68. The number of rotatable bonds is 7. The predicted molar refractivity (Wildman–Crippen MR) is 49.9 cm³/mol. The van der Waals surface area contributed by atoms with E-state index in [9.17, 15) is 0 Å². The van der Waals surface area contributed by atoms with E-state index in [1.807, 2.05) is 0 Å².